The second-order valence-electron chi connectivity index (χ2n) is 6.00. The molecule has 1 aromatic heterocycles. The van der Waals surface area contributed by atoms with Crippen LogP contribution in [0, 0.1) is 0 Å². The number of halogens is 1. The van der Waals surface area contributed by atoms with E-state index in [4.69, 9.17) is 20.9 Å². The zero-order chi connectivity index (χ0) is 13.8. The monoisotopic (exact) mass is 277 g/mol. The van der Waals surface area contributed by atoms with Gasteiger partial charge in [0.15, 0.2) is 0 Å². The van der Waals surface area contributed by atoms with Gasteiger partial charge in [-0.3, -0.25) is 0 Å². The van der Waals surface area contributed by atoms with Crippen LogP contribution in [0.25, 0.3) is 10.9 Å². The predicted octanol–water partition coefficient (Wildman–Crippen LogP) is 3.12. The Morgan fingerprint density at radius 3 is 2.32 bits per heavy atom. The number of aromatic nitrogens is 1. The molecular weight excluding hydrogens is 260 g/mol. The lowest BCUT2D eigenvalue weighted by molar-refractivity contribution is 0.00578. The van der Waals surface area contributed by atoms with E-state index in [-0.39, 0.29) is 11.2 Å². The highest BCUT2D eigenvalue weighted by molar-refractivity contribution is 6.66. The number of fused-ring (bicyclic) bond motifs is 1. The van der Waals surface area contributed by atoms with E-state index in [2.05, 4.69) is 4.98 Å². The normalized spacial score (nSPS) is 21.2. The molecule has 1 aliphatic rings. The Balaban J connectivity index is 2.04. The molecule has 1 fully saturated rings. The second kappa shape index (κ2) is 4.01. The summed E-state index contributed by atoms with van der Waals surface area (Å²) in [5, 5.41) is 1.69. The molecule has 0 saturated carbocycles. The molecular formula is C14H17BClNO2. The number of H-pyrrole nitrogens is 1. The number of rotatable bonds is 1. The largest absolute Gasteiger partial charge is 0.496 e. The molecule has 1 aromatic carbocycles. The predicted molar refractivity (Wildman–Crippen MR) is 79.0 cm³/mol. The molecule has 0 radical (unpaired) electrons. The van der Waals surface area contributed by atoms with Gasteiger partial charge in [-0.1, -0.05) is 17.7 Å². The summed E-state index contributed by atoms with van der Waals surface area (Å²) in [4.78, 5) is 3.14. The third kappa shape index (κ3) is 1.90. The highest BCUT2D eigenvalue weighted by Gasteiger charge is 2.52. The molecule has 0 bridgehead atoms. The lowest BCUT2D eigenvalue weighted by Crippen LogP contribution is -2.41. The SMILES string of the molecule is CC1(C)OB(c2ccc3[nH]ccc3c2Cl)OC1(C)C. The van der Waals surface area contributed by atoms with Crippen LogP contribution in [0.2, 0.25) is 5.02 Å². The third-order valence-electron chi connectivity index (χ3n) is 4.21. The van der Waals surface area contributed by atoms with Crippen LogP contribution in [0.1, 0.15) is 27.7 Å². The molecule has 1 aliphatic heterocycles. The molecule has 0 unspecified atom stereocenters. The van der Waals surface area contributed by atoms with Gasteiger partial charge in [0.25, 0.3) is 0 Å². The van der Waals surface area contributed by atoms with Crippen molar-refractivity contribution in [2.45, 2.75) is 38.9 Å². The minimum atomic E-state index is -0.420. The number of nitrogens with one attached hydrogen (secondary N) is 1. The lowest BCUT2D eigenvalue weighted by atomic mass is 9.78. The van der Waals surface area contributed by atoms with Crippen LogP contribution in [0.3, 0.4) is 0 Å². The van der Waals surface area contributed by atoms with Crippen molar-refractivity contribution >= 4 is 35.1 Å². The Morgan fingerprint density at radius 2 is 1.68 bits per heavy atom. The van der Waals surface area contributed by atoms with Crippen LogP contribution in [-0.4, -0.2) is 23.3 Å². The number of benzene rings is 1. The minimum Gasteiger partial charge on any atom is -0.399 e. The summed E-state index contributed by atoms with van der Waals surface area (Å²) in [5.74, 6) is 0. The van der Waals surface area contributed by atoms with E-state index >= 15 is 0 Å². The van der Waals surface area contributed by atoms with Crippen LogP contribution in [0.5, 0.6) is 0 Å². The maximum absolute atomic E-state index is 6.47. The van der Waals surface area contributed by atoms with E-state index in [1.165, 1.54) is 0 Å². The van der Waals surface area contributed by atoms with Crippen molar-refractivity contribution in [3.8, 4) is 0 Å². The Labute approximate surface area is 118 Å². The Hall–Kier alpha value is -0.965. The summed E-state index contributed by atoms with van der Waals surface area (Å²) in [6, 6.07) is 5.93. The molecule has 1 N–H and O–H groups in total. The third-order valence-corrected chi connectivity index (χ3v) is 4.63. The fraction of sp³-hybridized carbons (Fsp3) is 0.429. The summed E-state index contributed by atoms with van der Waals surface area (Å²) < 4.78 is 12.1. The average molecular weight is 278 g/mol. The quantitative estimate of drug-likeness (QED) is 0.813. The number of hydrogen-bond donors (Lipinski definition) is 1. The first kappa shape index (κ1) is 13.0. The number of hydrogen-bond acceptors (Lipinski definition) is 2. The summed E-state index contributed by atoms with van der Waals surface area (Å²) in [5.41, 5.74) is 1.19. The van der Waals surface area contributed by atoms with Crippen molar-refractivity contribution in [1.29, 1.82) is 0 Å². The average Bonchev–Trinajstić information content (AvgIpc) is 2.83. The summed E-state index contributed by atoms with van der Waals surface area (Å²) >= 11 is 6.47. The van der Waals surface area contributed by atoms with Gasteiger partial charge >= 0.3 is 7.12 Å². The second-order valence-corrected chi connectivity index (χ2v) is 6.37. The van der Waals surface area contributed by atoms with Crippen molar-refractivity contribution in [3.63, 3.8) is 0 Å². The van der Waals surface area contributed by atoms with Gasteiger partial charge in [-0.2, -0.15) is 0 Å². The topological polar surface area (TPSA) is 34.2 Å². The first-order valence-electron chi connectivity index (χ1n) is 6.43. The Kier molecular flexibility index (Phi) is 2.75. The van der Waals surface area contributed by atoms with Crippen LogP contribution in [0.4, 0.5) is 0 Å². The van der Waals surface area contributed by atoms with Crippen LogP contribution < -0.4 is 5.46 Å². The van der Waals surface area contributed by atoms with E-state index in [9.17, 15) is 0 Å². The molecule has 0 spiro atoms. The molecule has 3 nitrogen and oxygen atoms in total. The van der Waals surface area contributed by atoms with Gasteiger partial charge in [0.05, 0.1) is 11.2 Å². The number of aromatic amines is 1. The Morgan fingerprint density at radius 1 is 1.05 bits per heavy atom. The molecule has 0 aliphatic carbocycles. The van der Waals surface area contributed by atoms with E-state index in [1.54, 1.807) is 0 Å². The van der Waals surface area contributed by atoms with Gasteiger partial charge in [-0.05, 0) is 39.8 Å². The minimum absolute atomic E-state index is 0.353. The molecule has 100 valence electrons. The van der Waals surface area contributed by atoms with E-state index in [1.807, 2.05) is 52.1 Å². The van der Waals surface area contributed by atoms with Crippen molar-refractivity contribution in [3.05, 3.63) is 29.4 Å². The zero-order valence-electron chi connectivity index (χ0n) is 11.6. The molecule has 2 heterocycles. The highest BCUT2D eigenvalue weighted by Crippen LogP contribution is 2.37. The molecule has 0 atom stereocenters. The molecule has 1 saturated heterocycles. The van der Waals surface area contributed by atoms with E-state index in [0.29, 0.717) is 5.02 Å². The maximum Gasteiger partial charge on any atom is 0.496 e. The van der Waals surface area contributed by atoms with Gasteiger partial charge in [-0.25, -0.2) is 0 Å². The summed E-state index contributed by atoms with van der Waals surface area (Å²) in [7, 11) is -0.420. The molecule has 3 rings (SSSR count). The highest BCUT2D eigenvalue weighted by atomic mass is 35.5. The van der Waals surface area contributed by atoms with Crippen molar-refractivity contribution in [2.24, 2.45) is 0 Å². The van der Waals surface area contributed by atoms with Crippen LogP contribution in [0.15, 0.2) is 24.4 Å². The zero-order valence-corrected chi connectivity index (χ0v) is 12.3. The fourth-order valence-electron chi connectivity index (χ4n) is 2.27. The first-order valence-corrected chi connectivity index (χ1v) is 6.81. The molecule has 2 aromatic rings. The Bertz CT molecular complexity index is 619. The molecule has 19 heavy (non-hydrogen) atoms. The smallest absolute Gasteiger partial charge is 0.399 e. The fourth-order valence-corrected chi connectivity index (χ4v) is 2.58. The molecule has 0 amide bonds. The van der Waals surface area contributed by atoms with Crippen molar-refractivity contribution in [2.75, 3.05) is 0 Å². The van der Waals surface area contributed by atoms with Crippen molar-refractivity contribution in [1.82, 2.24) is 4.98 Å². The standard InChI is InChI=1S/C14H17BClNO2/c1-13(2)14(3,4)19-15(18-13)10-5-6-11-9(12(10)16)7-8-17-11/h5-8,17H,1-4H3. The summed E-state index contributed by atoms with van der Waals surface area (Å²) in [6.45, 7) is 8.15. The van der Waals surface area contributed by atoms with Gasteiger partial charge in [0.2, 0.25) is 0 Å². The van der Waals surface area contributed by atoms with Gasteiger partial charge in [-0.15, -0.1) is 0 Å². The maximum atomic E-state index is 6.47. The van der Waals surface area contributed by atoms with Gasteiger partial charge in [0, 0.05) is 27.6 Å². The van der Waals surface area contributed by atoms with E-state index in [0.717, 1.165) is 16.4 Å². The first-order chi connectivity index (χ1) is 8.82. The van der Waals surface area contributed by atoms with Gasteiger partial charge < -0.3 is 14.3 Å². The van der Waals surface area contributed by atoms with Crippen LogP contribution >= 0.6 is 11.6 Å². The van der Waals surface area contributed by atoms with Crippen LogP contribution in [-0.2, 0) is 9.31 Å². The molecule has 5 heteroatoms. The summed E-state index contributed by atoms with van der Waals surface area (Å²) in [6.07, 6.45) is 1.88. The van der Waals surface area contributed by atoms with Gasteiger partial charge in [0.1, 0.15) is 0 Å². The van der Waals surface area contributed by atoms with E-state index < -0.39 is 7.12 Å². The van der Waals surface area contributed by atoms with Crippen molar-refractivity contribution < 1.29 is 9.31 Å². The lowest BCUT2D eigenvalue weighted by Gasteiger charge is -2.32.